The molecule has 0 heterocycles. The lowest BCUT2D eigenvalue weighted by Crippen LogP contribution is -2.40. The van der Waals surface area contributed by atoms with E-state index in [-0.39, 0.29) is 18.1 Å². The molecule has 2 rings (SSSR count). The SMILES string of the molecule is COC(=O)C(N[C@H](C)c1ccc(Cl)cc1)C1CC1. The molecule has 3 nitrogen and oxygen atoms in total. The highest BCUT2D eigenvalue weighted by Crippen LogP contribution is 2.34. The molecule has 0 saturated heterocycles. The van der Waals surface area contributed by atoms with Crippen molar-refractivity contribution in [3.63, 3.8) is 0 Å². The van der Waals surface area contributed by atoms with E-state index in [1.165, 1.54) is 7.11 Å². The van der Waals surface area contributed by atoms with Crippen LogP contribution in [-0.2, 0) is 9.53 Å². The van der Waals surface area contributed by atoms with E-state index in [0.29, 0.717) is 5.92 Å². The van der Waals surface area contributed by atoms with E-state index in [9.17, 15) is 4.79 Å². The van der Waals surface area contributed by atoms with Crippen LogP contribution in [0.25, 0.3) is 0 Å². The lowest BCUT2D eigenvalue weighted by atomic mass is 10.1. The fraction of sp³-hybridized carbons (Fsp3) is 0.500. The van der Waals surface area contributed by atoms with Gasteiger partial charge in [-0.05, 0) is 43.4 Å². The van der Waals surface area contributed by atoms with Gasteiger partial charge in [-0.25, -0.2) is 0 Å². The van der Waals surface area contributed by atoms with Crippen molar-refractivity contribution in [3.8, 4) is 0 Å². The maximum Gasteiger partial charge on any atom is 0.323 e. The second-order valence-corrected chi connectivity index (χ2v) is 5.21. The van der Waals surface area contributed by atoms with Crippen molar-refractivity contribution < 1.29 is 9.53 Å². The zero-order valence-electron chi connectivity index (χ0n) is 10.7. The van der Waals surface area contributed by atoms with Crippen molar-refractivity contribution in [2.24, 2.45) is 5.92 Å². The van der Waals surface area contributed by atoms with Gasteiger partial charge in [0.05, 0.1) is 7.11 Å². The molecule has 1 aromatic carbocycles. The number of ether oxygens (including phenoxy) is 1. The van der Waals surface area contributed by atoms with Crippen LogP contribution >= 0.6 is 11.6 Å². The molecule has 0 spiro atoms. The van der Waals surface area contributed by atoms with Gasteiger partial charge in [-0.2, -0.15) is 0 Å². The van der Waals surface area contributed by atoms with Gasteiger partial charge in [-0.15, -0.1) is 0 Å². The molecule has 4 heteroatoms. The Bertz CT molecular complexity index is 414. The van der Waals surface area contributed by atoms with E-state index in [1.54, 1.807) is 0 Å². The van der Waals surface area contributed by atoms with Gasteiger partial charge in [0, 0.05) is 11.1 Å². The number of esters is 1. The topological polar surface area (TPSA) is 38.3 Å². The normalized spacial score (nSPS) is 18.2. The molecular formula is C14H18ClNO2. The van der Waals surface area contributed by atoms with Crippen molar-refractivity contribution >= 4 is 17.6 Å². The molecule has 1 aliphatic rings. The van der Waals surface area contributed by atoms with Crippen LogP contribution in [0.2, 0.25) is 5.02 Å². The average Bonchev–Trinajstić information content (AvgIpc) is 3.20. The molecule has 1 aromatic rings. The molecule has 1 fully saturated rings. The highest BCUT2D eigenvalue weighted by Gasteiger charge is 2.37. The Kier molecular flexibility index (Phi) is 4.25. The predicted octanol–water partition coefficient (Wildman–Crippen LogP) is 2.94. The summed E-state index contributed by atoms with van der Waals surface area (Å²) < 4.78 is 4.85. The van der Waals surface area contributed by atoms with E-state index in [1.807, 2.05) is 31.2 Å². The van der Waals surface area contributed by atoms with Crippen LogP contribution in [0.15, 0.2) is 24.3 Å². The number of methoxy groups -OCH3 is 1. The maximum atomic E-state index is 11.7. The predicted molar refractivity (Wildman–Crippen MR) is 71.5 cm³/mol. The summed E-state index contributed by atoms with van der Waals surface area (Å²) in [5, 5.41) is 4.07. The smallest absolute Gasteiger partial charge is 0.323 e. The van der Waals surface area contributed by atoms with Crippen molar-refractivity contribution in [1.82, 2.24) is 5.32 Å². The summed E-state index contributed by atoms with van der Waals surface area (Å²) in [5.74, 6) is 0.255. The first-order chi connectivity index (χ1) is 8.61. The molecule has 1 N–H and O–H groups in total. The summed E-state index contributed by atoms with van der Waals surface area (Å²) in [5.41, 5.74) is 1.12. The van der Waals surface area contributed by atoms with Crippen LogP contribution in [-0.4, -0.2) is 19.1 Å². The van der Waals surface area contributed by atoms with Gasteiger partial charge in [-0.1, -0.05) is 23.7 Å². The molecule has 2 atom stereocenters. The van der Waals surface area contributed by atoms with Gasteiger partial charge in [0.15, 0.2) is 0 Å². The van der Waals surface area contributed by atoms with Gasteiger partial charge in [0.1, 0.15) is 6.04 Å². The summed E-state index contributed by atoms with van der Waals surface area (Å²) in [6.45, 7) is 2.04. The molecule has 1 saturated carbocycles. The van der Waals surface area contributed by atoms with E-state index in [4.69, 9.17) is 16.3 Å². The van der Waals surface area contributed by atoms with E-state index in [0.717, 1.165) is 23.4 Å². The minimum atomic E-state index is -0.194. The van der Waals surface area contributed by atoms with Crippen molar-refractivity contribution in [1.29, 1.82) is 0 Å². The minimum Gasteiger partial charge on any atom is -0.468 e. The molecular weight excluding hydrogens is 250 g/mol. The highest BCUT2D eigenvalue weighted by molar-refractivity contribution is 6.30. The van der Waals surface area contributed by atoms with Crippen molar-refractivity contribution in [2.75, 3.05) is 7.11 Å². The second-order valence-electron chi connectivity index (χ2n) is 4.78. The summed E-state index contributed by atoms with van der Waals surface area (Å²) in [6.07, 6.45) is 2.19. The van der Waals surface area contributed by atoms with Crippen molar-refractivity contribution in [3.05, 3.63) is 34.9 Å². The Morgan fingerprint density at radius 3 is 2.50 bits per heavy atom. The van der Waals surface area contributed by atoms with Gasteiger partial charge in [-0.3, -0.25) is 10.1 Å². The Labute approximate surface area is 112 Å². The van der Waals surface area contributed by atoms with Crippen LogP contribution in [0.5, 0.6) is 0 Å². The monoisotopic (exact) mass is 267 g/mol. The van der Waals surface area contributed by atoms with Crippen LogP contribution < -0.4 is 5.32 Å². The first-order valence-electron chi connectivity index (χ1n) is 6.21. The number of carbonyl (C=O) groups is 1. The largest absolute Gasteiger partial charge is 0.468 e. The third-order valence-corrected chi connectivity index (χ3v) is 3.60. The molecule has 98 valence electrons. The second kappa shape index (κ2) is 5.72. The Morgan fingerprint density at radius 1 is 1.39 bits per heavy atom. The fourth-order valence-electron chi connectivity index (χ4n) is 2.07. The molecule has 0 bridgehead atoms. The standard InChI is InChI=1S/C14H18ClNO2/c1-9(10-5-7-12(15)8-6-10)16-13(11-3-4-11)14(17)18-2/h5-9,11,13,16H,3-4H2,1-2H3/t9-,13?/m1/s1. The first-order valence-corrected chi connectivity index (χ1v) is 6.59. The third-order valence-electron chi connectivity index (χ3n) is 3.35. The number of halogens is 1. The first kappa shape index (κ1) is 13.4. The summed E-state index contributed by atoms with van der Waals surface area (Å²) >= 11 is 5.86. The summed E-state index contributed by atoms with van der Waals surface area (Å²) in [6, 6.07) is 7.58. The average molecular weight is 268 g/mol. The quantitative estimate of drug-likeness (QED) is 0.834. The van der Waals surface area contributed by atoms with E-state index >= 15 is 0 Å². The summed E-state index contributed by atoms with van der Waals surface area (Å²) in [4.78, 5) is 11.7. The molecule has 1 unspecified atom stereocenters. The van der Waals surface area contributed by atoms with Crippen LogP contribution in [0, 0.1) is 5.92 Å². The van der Waals surface area contributed by atoms with Crippen LogP contribution in [0.1, 0.15) is 31.4 Å². The van der Waals surface area contributed by atoms with Crippen molar-refractivity contribution in [2.45, 2.75) is 31.8 Å². The molecule has 1 aliphatic carbocycles. The lowest BCUT2D eigenvalue weighted by molar-refractivity contribution is -0.144. The maximum absolute atomic E-state index is 11.7. The molecule has 0 radical (unpaired) electrons. The van der Waals surface area contributed by atoms with E-state index in [2.05, 4.69) is 5.32 Å². The van der Waals surface area contributed by atoms with Crippen LogP contribution in [0.4, 0.5) is 0 Å². The summed E-state index contributed by atoms with van der Waals surface area (Å²) in [7, 11) is 1.44. The number of hydrogen-bond acceptors (Lipinski definition) is 3. The Hall–Kier alpha value is -1.06. The van der Waals surface area contributed by atoms with E-state index < -0.39 is 0 Å². The zero-order valence-corrected chi connectivity index (χ0v) is 11.4. The number of benzene rings is 1. The number of rotatable bonds is 5. The van der Waals surface area contributed by atoms with Gasteiger partial charge < -0.3 is 4.74 Å². The Morgan fingerprint density at radius 2 is 2.00 bits per heavy atom. The molecule has 0 aliphatic heterocycles. The van der Waals surface area contributed by atoms with Crippen LogP contribution in [0.3, 0.4) is 0 Å². The third kappa shape index (κ3) is 3.24. The van der Waals surface area contributed by atoms with Gasteiger partial charge in [0.2, 0.25) is 0 Å². The lowest BCUT2D eigenvalue weighted by Gasteiger charge is -2.21. The zero-order chi connectivity index (χ0) is 13.1. The highest BCUT2D eigenvalue weighted by atomic mass is 35.5. The number of nitrogens with one attached hydrogen (secondary N) is 1. The molecule has 0 amide bonds. The Balaban J connectivity index is 2.02. The molecule has 18 heavy (non-hydrogen) atoms. The fourth-order valence-corrected chi connectivity index (χ4v) is 2.20. The number of carbonyl (C=O) groups excluding carboxylic acids is 1. The van der Waals surface area contributed by atoms with Gasteiger partial charge in [0.25, 0.3) is 0 Å². The van der Waals surface area contributed by atoms with Gasteiger partial charge >= 0.3 is 5.97 Å². The minimum absolute atomic E-state index is 0.104. The molecule has 0 aromatic heterocycles. The number of hydrogen-bond donors (Lipinski definition) is 1.